The number of hydrogen-bond donors (Lipinski definition) is 0. The van der Waals surface area contributed by atoms with Crippen LogP contribution in [0.4, 0.5) is 0 Å². The molecule has 0 aromatic heterocycles. The molecule has 2 atom stereocenters. The van der Waals surface area contributed by atoms with Gasteiger partial charge in [-0.2, -0.15) is 0 Å². The van der Waals surface area contributed by atoms with E-state index in [1.807, 2.05) is 6.07 Å². The van der Waals surface area contributed by atoms with E-state index in [4.69, 9.17) is 18.5 Å². The van der Waals surface area contributed by atoms with Crippen LogP contribution in [0.2, 0.25) is 0 Å². The van der Waals surface area contributed by atoms with Crippen LogP contribution >= 0.6 is 7.60 Å². The number of methoxy groups -OCH3 is 1. The van der Waals surface area contributed by atoms with Crippen LogP contribution in [-0.4, -0.2) is 32.4 Å². The van der Waals surface area contributed by atoms with Gasteiger partial charge in [0.05, 0.1) is 31.7 Å². The molecule has 23 heavy (non-hydrogen) atoms. The molecule has 0 saturated carbocycles. The lowest BCUT2D eigenvalue weighted by molar-refractivity contribution is -0.137. The van der Waals surface area contributed by atoms with Crippen molar-refractivity contribution >= 4 is 18.9 Å². The maximum atomic E-state index is 13.1. The molecule has 0 radical (unpaired) electrons. The Bertz CT molecular complexity index is 639. The number of benzene rings is 1. The highest BCUT2D eigenvalue weighted by atomic mass is 31.2. The highest BCUT2D eigenvalue weighted by Crippen LogP contribution is 2.52. The highest BCUT2D eigenvalue weighted by Gasteiger charge is 2.37. The number of carbonyl (C=O) groups excluding carboxylic acids is 1. The van der Waals surface area contributed by atoms with Crippen molar-refractivity contribution < 1.29 is 27.9 Å². The zero-order valence-corrected chi connectivity index (χ0v) is 14.4. The number of hydrogen-bond acceptors (Lipinski definition) is 6. The maximum Gasteiger partial charge on any atom is 0.362 e. The third kappa shape index (κ3) is 4.22. The van der Waals surface area contributed by atoms with Crippen molar-refractivity contribution in [3.63, 3.8) is 0 Å². The summed E-state index contributed by atoms with van der Waals surface area (Å²) < 4.78 is 34.1. The van der Waals surface area contributed by atoms with E-state index in [0.29, 0.717) is 24.1 Å². The first-order valence-electron chi connectivity index (χ1n) is 7.47. The lowest BCUT2D eigenvalue weighted by Gasteiger charge is -2.30. The molecule has 0 amide bonds. The Morgan fingerprint density at radius 3 is 2.83 bits per heavy atom. The van der Waals surface area contributed by atoms with Crippen LogP contribution in [0.1, 0.15) is 19.4 Å². The van der Waals surface area contributed by atoms with Crippen LogP contribution in [0.3, 0.4) is 0 Å². The van der Waals surface area contributed by atoms with Crippen LogP contribution in [0.25, 0.3) is 0 Å². The topological polar surface area (TPSA) is 71.1 Å². The first-order valence-corrected chi connectivity index (χ1v) is 9.02. The fourth-order valence-corrected chi connectivity index (χ4v) is 4.29. The summed E-state index contributed by atoms with van der Waals surface area (Å²) in [5.41, 5.74) is 0.854. The van der Waals surface area contributed by atoms with Crippen molar-refractivity contribution in [2.45, 2.75) is 26.4 Å². The molecule has 2 rings (SSSR count). The second-order valence-corrected chi connectivity index (χ2v) is 6.81. The molecule has 0 spiro atoms. The Kier molecular flexibility index (Phi) is 5.99. The van der Waals surface area contributed by atoms with Gasteiger partial charge in [0.2, 0.25) is 0 Å². The van der Waals surface area contributed by atoms with Crippen molar-refractivity contribution in [1.29, 1.82) is 0 Å². The molecule has 1 aromatic carbocycles. The van der Waals surface area contributed by atoms with E-state index < -0.39 is 19.7 Å². The molecular formula is C16H21O6P. The summed E-state index contributed by atoms with van der Waals surface area (Å²) in [6.07, 6.45) is 2.82. The largest absolute Gasteiger partial charge is 0.497 e. The Morgan fingerprint density at radius 1 is 1.39 bits per heavy atom. The van der Waals surface area contributed by atoms with E-state index in [9.17, 15) is 9.36 Å². The van der Waals surface area contributed by atoms with Crippen molar-refractivity contribution in [3.8, 4) is 5.75 Å². The molecule has 1 aliphatic heterocycles. The van der Waals surface area contributed by atoms with Gasteiger partial charge in [-0.05, 0) is 37.6 Å². The average molecular weight is 340 g/mol. The van der Waals surface area contributed by atoms with Gasteiger partial charge in [0, 0.05) is 12.5 Å². The molecule has 1 aromatic rings. The van der Waals surface area contributed by atoms with Crippen LogP contribution in [-0.2, 0) is 29.6 Å². The van der Waals surface area contributed by atoms with Gasteiger partial charge in [0.25, 0.3) is 0 Å². The van der Waals surface area contributed by atoms with E-state index in [2.05, 4.69) is 0 Å². The van der Waals surface area contributed by atoms with E-state index in [1.165, 1.54) is 6.08 Å². The van der Waals surface area contributed by atoms with Gasteiger partial charge in [-0.3, -0.25) is 9.09 Å². The van der Waals surface area contributed by atoms with Gasteiger partial charge < -0.3 is 14.0 Å². The molecule has 0 aliphatic carbocycles. The monoisotopic (exact) mass is 340 g/mol. The minimum Gasteiger partial charge on any atom is -0.497 e. The van der Waals surface area contributed by atoms with Gasteiger partial charge in [-0.15, -0.1) is 0 Å². The van der Waals surface area contributed by atoms with Gasteiger partial charge >= 0.3 is 13.6 Å². The predicted octanol–water partition coefficient (Wildman–Crippen LogP) is 2.61. The summed E-state index contributed by atoms with van der Waals surface area (Å²) in [6.45, 7) is 4.04. The van der Waals surface area contributed by atoms with Gasteiger partial charge in [-0.1, -0.05) is 6.07 Å². The zero-order valence-electron chi connectivity index (χ0n) is 13.5. The van der Waals surface area contributed by atoms with Gasteiger partial charge in [-0.25, -0.2) is 4.79 Å². The van der Waals surface area contributed by atoms with Crippen LogP contribution in [0.15, 0.2) is 30.4 Å². The van der Waals surface area contributed by atoms with Crippen molar-refractivity contribution in [2.24, 2.45) is 0 Å². The summed E-state index contributed by atoms with van der Waals surface area (Å²) in [5, 5.41) is 0.513. The Balaban J connectivity index is 2.29. The van der Waals surface area contributed by atoms with Crippen LogP contribution in [0, 0.1) is 0 Å². The fraction of sp³-hybridized carbons (Fsp3) is 0.438. The number of carbonyl (C=O) groups is 1. The Morgan fingerprint density at radius 2 is 2.17 bits per heavy atom. The highest BCUT2D eigenvalue weighted by molar-refractivity contribution is 7.62. The summed E-state index contributed by atoms with van der Waals surface area (Å²) in [7, 11) is -1.91. The summed E-state index contributed by atoms with van der Waals surface area (Å²) in [4.78, 5) is 11.4. The van der Waals surface area contributed by atoms with Crippen molar-refractivity contribution in [1.82, 2.24) is 0 Å². The number of rotatable bonds is 6. The van der Waals surface area contributed by atoms with Crippen LogP contribution < -0.4 is 10.0 Å². The van der Waals surface area contributed by atoms with E-state index >= 15 is 0 Å². The Hall–Kier alpha value is -1.62. The molecule has 0 N–H and O–H groups in total. The molecule has 7 heteroatoms. The van der Waals surface area contributed by atoms with Gasteiger partial charge in [0.1, 0.15) is 5.75 Å². The summed E-state index contributed by atoms with van der Waals surface area (Å²) in [5.74, 6) is 0.135. The minimum absolute atomic E-state index is 0.252. The molecule has 126 valence electrons. The smallest absolute Gasteiger partial charge is 0.362 e. The molecule has 0 fully saturated rings. The fourth-order valence-electron chi connectivity index (χ4n) is 2.34. The molecular weight excluding hydrogens is 319 g/mol. The lowest BCUT2D eigenvalue weighted by atomic mass is 10.1. The molecule has 1 heterocycles. The van der Waals surface area contributed by atoms with E-state index in [0.717, 1.165) is 5.56 Å². The third-order valence-electron chi connectivity index (χ3n) is 3.32. The molecule has 6 nitrogen and oxygen atoms in total. The molecule has 1 aliphatic rings. The Labute approximate surface area is 135 Å². The minimum atomic E-state index is -3.46. The number of fused-ring (bicyclic) bond motifs is 1. The van der Waals surface area contributed by atoms with Crippen molar-refractivity contribution in [3.05, 3.63) is 35.9 Å². The first kappa shape index (κ1) is 17.7. The predicted molar refractivity (Wildman–Crippen MR) is 86.2 cm³/mol. The molecule has 0 bridgehead atoms. The van der Waals surface area contributed by atoms with Crippen molar-refractivity contribution in [2.75, 3.05) is 20.3 Å². The van der Waals surface area contributed by atoms with E-state index in [-0.39, 0.29) is 6.61 Å². The molecule has 0 saturated heterocycles. The first-order chi connectivity index (χ1) is 11.0. The second kappa shape index (κ2) is 7.77. The lowest BCUT2D eigenvalue weighted by Crippen LogP contribution is -2.28. The van der Waals surface area contributed by atoms with Gasteiger partial charge in [0.15, 0.2) is 0 Å². The summed E-state index contributed by atoms with van der Waals surface area (Å²) in [6, 6.07) is 5.32. The second-order valence-electron chi connectivity index (χ2n) is 4.87. The number of esters is 1. The summed E-state index contributed by atoms with van der Waals surface area (Å²) >= 11 is 0. The standard InChI is InChI=1S/C16H21O6P/c1-4-20-16(17)9-8-14-10-12-6-7-13(19-3)11-15(12)23(18,22-14)21-5-2/h6-9,11,14H,4-5,10H2,1-3H3/b9-8+. The van der Waals surface area contributed by atoms with E-state index in [1.54, 1.807) is 39.2 Å². The number of ether oxygens (including phenoxy) is 2. The SMILES string of the molecule is CCOC(=O)/C=C/C1Cc2ccc(OC)cc2P(=O)(OCC)O1. The average Bonchev–Trinajstić information content (AvgIpc) is 2.53. The molecule has 2 unspecified atom stereocenters. The quantitative estimate of drug-likeness (QED) is 0.450. The zero-order chi connectivity index (χ0) is 16.9. The normalized spacial score (nSPS) is 23.5. The van der Waals surface area contributed by atoms with Crippen LogP contribution in [0.5, 0.6) is 5.75 Å². The maximum absolute atomic E-state index is 13.1. The third-order valence-corrected chi connectivity index (χ3v) is 5.47.